The second-order valence-corrected chi connectivity index (χ2v) is 9.53. The molecule has 0 unspecified atom stereocenters. The van der Waals surface area contributed by atoms with Crippen molar-refractivity contribution >= 4 is 15.7 Å². The Labute approximate surface area is 187 Å². The lowest BCUT2D eigenvalue weighted by molar-refractivity contribution is 0.0953. The summed E-state index contributed by atoms with van der Waals surface area (Å²) in [5.41, 5.74) is 0.593. The zero-order valence-electron chi connectivity index (χ0n) is 18.0. The van der Waals surface area contributed by atoms with E-state index in [1.165, 1.54) is 31.4 Å². The van der Waals surface area contributed by atoms with Gasteiger partial charge in [0.25, 0.3) is 5.91 Å². The number of sulfone groups is 1. The molecule has 0 aliphatic rings. The fourth-order valence-corrected chi connectivity index (χ4v) is 4.79. The highest BCUT2D eigenvalue weighted by atomic mass is 32.2. The van der Waals surface area contributed by atoms with Crippen LogP contribution >= 0.6 is 0 Å². The maximum absolute atomic E-state index is 13.6. The van der Waals surface area contributed by atoms with Gasteiger partial charge in [0, 0.05) is 12.1 Å². The molecule has 3 aromatic rings. The van der Waals surface area contributed by atoms with Crippen molar-refractivity contribution in [1.82, 2.24) is 5.32 Å². The number of aryl methyl sites for hydroxylation is 1. The highest BCUT2D eigenvalue weighted by Gasteiger charge is 2.32. The molecule has 1 heterocycles. The summed E-state index contributed by atoms with van der Waals surface area (Å²) >= 11 is 0. The molecule has 2 aromatic carbocycles. The van der Waals surface area contributed by atoms with Crippen LogP contribution < -0.4 is 10.1 Å². The van der Waals surface area contributed by atoms with Gasteiger partial charge in [-0.05, 0) is 73.5 Å². The number of nitrogens with one attached hydrogen (secondary N) is 1. The van der Waals surface area contributed by atoms with Crippen LogP contribution in [0.3, 0.4) is 0 Å². The molecule has 1 aromatic heterocycles. The molecule has 0 aliphatic carbocycles. The molecule has 1 amide bonds. The van der Waals surface area contributed by atoms with Gasteiger partial charge in [0.05, 0.1) is 17.8 Å². The average Bonchev–Trinajstić information content (AvgIpc) is 3.30. The lowest BCUT2D eigenvalue weighted by Gasteiger charge is -2.17. The third-order valence-electron chi connectivity index (χ3n) is 5.02. The predicted molar refractivity (Wildman–Crippen MR) is 119 cm³/mol. The monoisotopic (exact) mass is 459 g/mol. The first-order chi connectivity index (χ1) is 15.3. The number of ether oxygens (including phenoxy) is 1. The molecule has 6 nitrogen and oxygen atoms in total. The molecule has 1 N–H and O–H groups in total. The summed E-state index contributed by atoms with van der Waals surface area (Å²) in [5.74, 6) is -0.0641. The largest absolute Gasteiger partial charge is 0.494 e. The topological polar surface area (TPSA) is 85.6 Å². The number of hydrogen-bond donors (Lipinski definition) is 1. The van der Waals surface area contributed by atoms with Gasteiger partial charge in [0.1, 0.15) is 22.6 Å². The van der Waals surface area contributed by atoms with Gasteiger partial charge in [-0.2, -0.15) is 0 Å². The first-order valence-corrected chi connectivity index (χ1v) is 11.9. The smallest absolute Gasteiger partial charge is 0.251 e. The summed E-state index contributed by atoms with van der Waals surface area (Å²) in [6.07, 6.45) is 3.34. The van der Waals surface area contributed by atoms with Crippen molar-refractivity contribution in [2.45, 2.75) is 36.8 Å². The molecule has 0 fully saturated rings. The second-order valence-electron chi connectivity index (χ2n) is 7.40. The van der Waals surface area contributed by atoms with Crippen LogP contribution in [0, 0.1) is 12.7 Å². The Balaban J connectivity index is 1.75. The Kier molecular flexibility index (Phi) is 7.69. The molecule has 0 radical (unpaired) electrons. The van der Waals surface area contributed by atoms with Gasteiger partial charge >= 0.3 is 0 Å². The minimum absolute atomic E-state index is 0.0411. The van der Waals surface area contributed by atoms with E-state index in [0.717, 1.165) is 18.9 Å². The highest BCUT2D eigenvalue weighted by molar-refractivity contribution is 7.91. The molecule has 1 atom stereocenters. The number of unbranched alkanes of at least 4 members (excludes halogenated alkanes) is 1. The van der Waals surface area contributed by atoms with Gasteiger partial charge in [-0.15, -0.1) is 0 Å². The zero-order valence-corrected chi connectivity index (χ0v) is 18.8. The number of rotatable bonds is 10. The van der Waals surface area contributed by atoms with Crippen LogP contribution in [0.4, 0.5) is 4.39 Å². The third-order valence-corrected chi connectivity index (χ3v) is 7.08. The third kappa shape index (κ3) is 5.56. The van der Waals surface area contributed by atoms with Crippen molar-refractivity contribution in [3.63, 3.8) is 0 Å². The van der Waals surface area contributed by atoms with Gasteiger partial charge in [0.15, 0.2) is 9.84 Å². The molecule has 32 heavy (non-hydrogen) atoms. The van der Waals surface area contributed by atoms with E-state index >= 15 is 0 Å². The van der Waals surface area contributed by atoms with Gasteiger partial charge in [-0.3, -0.25) is 4.79 Å². The summed E-state index contributed by atoms with van der Waals surface area (Å²) in [6.45, 7) is 3.96. The summed E-state index contributed by atoms with van der Waals surface area (Å²) in [4.78, 5) is 12.6. The zero-order chi connectivity index (χ0) is 23.1. The van der Waals surface area contributed by atoms with Crippen LogP contribution in [0.2, 0.25) is 0 Å². The van der Waals surface area contributed by atoms with Crippen molar-refractivity contribution in [3.8, 4) is 5.75 Å². The first kappa shape index (κ1) is 23.5. The van der Waals surface area contributed by atoms with Crippen molar-refractivity contribution in [2.24, 2.45) is 0 Å². The van der Waals surface area contributed by atoms with Crippen molar-refractivity contribution in [3.05, 3.63) is 83.6 Å². The van der Waals surface area contributed by atoms with Crippen molar-refractivity contribution in [1.29, 1.82) is 0 Å². The second kappa shape index (κ2) is 10.5. The van der Waals surface area contributed by atoms with Crippen molar-refractivity contribution in [2.75, 3.05) is 13.2 Å². The minimum atomic E-state index is -3.96. The van der Waals surface area contributed by atoms with Gasteiger partial charge in [0.2, 0.25) is 0 Å². The molecule has 170 valence electrons. The fraction of sp³-hybridized carbons (Fsp3) is 0.292. The molecule has 0 saturated carbocycles. The van der Waals surface area contributed by atoms with Crippen LogP contribution in [-0.4, -0.2) is 27.5 Å². The van der Waals surface area contributed by atoms with Gasteiger partial charge in [-0.25, -0.2) is 12.8 Å². The maximum atomic E-state index is 13.6. The van der Waals surface area contributed by atoms with Crippen molar-refractivity contribution < 1.29 is 26.8 Å². The van der Waals surface area contributed by atoms with E-state index in [-0.39, 0.29) is 22.8 Å². The summed E-state index contributed by atoms with van der Waals surface area (Å²) in [6, 6.07) is 13.4. The van der Waals surface area contributed by atoms with E-state index in [1.54, 1.807) is 30.3 Å². The average molecular weight is 460 g/mol. The number of halogens is 1. The van der Waals surface area contributed by atoms with Gasteiger partial charge in [-0.1, -0.05) is 13.3 Å². The number of carbonyl (C=O) groups is 1. The molecule has 0 saturated heterocycles. The van der Waals surface area contributed by atoms with E-state index in [2.05, 4.69) is 12.2 Å². The highest BCUT2D eigenvalue weighted by Crippen LogP contribution is 2.30. The summed E-state index contributed by atoms with van der Waals surface area (Å²) in [5, 5.41) is 1.50. The number of furan rings is 1. The lowest BCUT2D eigenvalue weighted by Crippen LogP contribution is -2.31. The number of hydrogen-bond acceptors (Lipinski definition) is 5. The molecule has 3 rings (SSSR count). The van der Waals surface area contributed by atoms with Crippen LogP contribution in [-0.2, 0) is 9.84 Å². The predicted octanol–water partition coefficient (Wildman–Crippen LogP) is 4.85. The Morgan fingerprint density at radius 2 is 1.91 bits per heavy atom. The minimum Gasteiger partial charge on any atom is -0.494 e. The SMILES string of the molecule is CCCCOc1ccc(C(=O)NC[C@H](c2ccco2)S(=O)(=O)c2ccc(F)c(C)c2)cc1. The molecule has 0 spiro atoms. The standard InChI is InChI=1S/C24H26FNO5S/c1-3-4-13-30-19-9-7-18(8-10-19)24(27)26-16-23(22-6-5-14-31-22)32(28,29)20-11-12-21(25)17(2)15-20/h5-12,14-15,23H,3-4,13,16H2,1-2H3,(H,26,27)/t23-/m1/s1. The van der Waals surface area contributed by atoms with Gasteiger partial charge < -0.3 is 14.5 Å². The molecule has 0 aliphatic heterocycles. The van der Waals surface area contributed by atoms with Crippen LogP contribution in [0.5, 0.6) is 5.75 Å². The first-order valence-electron chi connectivity index (χ1n) is 10.4. The lowest BCUT2D eigenvalue weighted by atomic mass is 10.2. The van der Waals surface area contributed by atoms with Crippen LogP contribution in [0.25, 0.3) is 0 Å². The maximum Gasteiger partial charge on any atom is 0.251 e. The molecule has 0 bridgehead atoms. The van der Waals surface area contributed by atoms with Crippen LogP contribution in [0.1, 0.15) is 46.7 Å². The Bertz CT molecular complexity index is 1140. The van der Waals surface area contributed by atoms with E-state index in [9.17, 15) is 17.6 Å². The summed E-state index contributed by atoms with van der Waals surface area (Å²) in [7, 11) is -3.96. The number of carbonyl (C=O) groups excluding carboxylic acids is 1. The fourth-order valence-electron chi connectivity index (χ4n) is 3.12. The number of amides is 1. The molecule has 8 heteroatoms. The van der Waals surface area contributed by atoms with E-state index in [1.807, 2.05) is 0 Å². The van der Waals surface area contributed by atoms with Crippen LogP contribution in [0.15, 0.2) is 70.2 Å². The van der Waals surface area contributed by atoms with E-state index in [4.69, 9.17) is 9.15 Å². The number of benzene rings is 2. The van der Waals surface area contributed by atoms with E-state index < -0.39 is 26.8 Å². The Morgan fingerprint density at radius 1 is 1.16 bits per heavy atom. The summed E-state index contributed by atoms with van der Waals surface area (Å²) < 4.78 is 51.1. The quantitative estimate of drug-likeness (QED) is 0.346. The molecular formula is C24H26FNO5S. The Hall–Kier alpha value is -3.13. The van der Waals surface area contributed by atoms with E-state index in [0.29, 0.717) is 17.9 Å². The normalized spacial score (nSPS) is 12.3. The Morgan fingerprint density at radius 3 is 2.53 bits per heavy atom. The molecular weight excluding hydrogens is 433 g/mol.